The molecule has 3 aliphatic carbocycles. The van der Waals surface area contributed by atoms with E-state index >= 15 is 0 Å². The number of para-hydroxylation sites is 4. The third-order valence-corrected chi connectivity index (χ3v) is 15.8. The van der Waals surface area contributed by atoms with Gasteiger partial charge in [0.15, 0.2) is 0 Å². The molecule has 3 aliphatic rings. The summed E-state index contributed by atoms with van der Waals surface area (Å²) in [5.41, 5.74) is 25.0. The monoisotopic (exact) mass is 989 g/mol. The van der Waals surface area contributed by atoms with E-state index in [0.717, 1.165) is 42.7 Å². The van der Waals surface area contributed by atoms with Crippen LogP contribution in [0.3, 0.4) is 0 Å². The molecule has 2 heterocycles. The lowest BCUT2D eigenvalue weighted by Gasteiger charge is -2.31. The first-order valence-electron chi connectivity index (χ1n) is 25.9. The maximum absolute atomic E-state index is 3.44. The van der Waals surface area contributed by atoms with Crippen molar-refractivity contribution in [2.45, 2.75) is 44.9 Å². The quantitative estimate of drug-likeness (QED) is 0.118. The van der Waals surface area contributed by atoms with Crippen molar-refractivity contribution < 1.29 is 0 Å². The highest BCUT2D eigenvalue weighted by Crippen LogP contribution is 2.50. The first-order valence-corrected chi connectivity index (χ1v) is 27.9. The lowest BCUT2D eigenvalue weighted by atomic mass is 9.82. The van der Waals surface area contributed by atoms with Crippen LogP contribution >= 0.6 is 20.7 Å². The van der Waals surface area contributed by atoms with E-state index in [-0.39, 0.29) is 5.41 Å². The molecule has 11 aromatic rings. The van der Waals surface area contributed by atoms with Gasteiger partial charge in [0.25, 0.3) is 0 Å². The van der Waals surface area contributed by atoms with Gasteiger partial charge in [0.1, 0.15) is 0 Å². The van der Waals surface area contributed by atoms with Crippen LogP contribution in [0, 0.1) is 0 Å². The zero-order valence-corrected chi connectivity index (χ0v) is 43.8. The van der Waals surface area contributed by atoms with Crippen LogP contribution in [0.15, 0.2) is 236 Å². The fraction of sp³-hybridized carbons (Fsp3) is 0.101. The predicted octanol–water partition coefficient (Wildman–Crippen LogP) is 18.9. The van der Waals surface area contributed by atoms with Crippen LogP contribution in [0.25, 0.3) is 89.1 Å². The minimum atomic E-state index is -0.0356. The average molecular weight is 990 g/mol. The number of allylic oxidation sites excluding steroid dienone is 4. The number of thiol groups is 1. The lowest BCUT2D eigenvalue weighted by Crippen LogP contribution is -2.19. The maximum Gasteiger partial charge on any atom is 0.0541 e. The van der Waals surface area contributed by atoms with Gasteiger partial charge >= 0.3 is 0 Å². The van der Waals surface area contributed by atoms with E-state index in [1.807, 2.05) is 0 Å². The van der Waals surface area contributed by atoms with Crippen LogP contribution in [-0.2, 0) is 11.8 Å². The van der Waals surface area contributed by atoms with Crippen LogP contribution in [0.5, 0.6) is 0 Å². The summed E-state index contributed by atoms with van der Waals surface area (Å²) in [6.07, 6.45) is 13.6. The molecular weight excluding hydrogens is 934 g/mol. The summed E-state index contributed by atoms with van der Waals surface area (Å²) in [5, 5.41) is 3.79. The summed E-state index contributed by atoms with van der Waals surface area (Å²) in [4.78, 5) is 2.44. The molecule has 1 atom stereocenters. The number of nitrogens with zero attached hydrogens (tertiary/aromatic N) is 3. The van der Waals surface area contributed by atoms with E-state index in [9.17, 15) is 0 Å². The summed E-state index contributed by atoms with van der Waals surface area (Å²) in [6.45, 7) is 4.73. The highest BCUT2D eigenvalue weighted by Gasteiger charge is 2.35. The first kappa shape index (κ1) is 45.9. The normalized spacial score (nSPS) is 14.2. The van der Waals surface area contributed by atoms with E-state index in [4.69, 9.17) is 0 Å². The van der Waals surface area contributed by atoms with Crippen molar-refractivity contribution in [1.82, 2.24) is 9.13 Å². The molecule has 358 valence electrons. The second kappa shape index (κ2) is 18.9. The molecule has 0 radical (unpaired) electrons. The number of fused-ring (bicyclic) bond motifs is 9. The van der Waals surface area contributed by atoms with E-state index < -0.39 is 0 Å². The topological polar surface area (TPSA) is 13.1 Å². The van der Waals surface area contributed by atoms with Crippen molar-refractivity contribution in [1.29, 1.82) is 0 Å². The van der Waals surface area contributed by atoms with Gasteiger partial charge in [0, 0.05) is 66.9 Å². The fourth-order valence-electron chi connectivity index (χ4n) is 12.4. The minimum absolute atomic E-state index is 0.0356. The smallest absolute Gasteiger partial charge is 0.0541 e. The zero-order valence-electron chi connectivity index (χ0n) is 41.7. The summed E-state index contributed by atoms with van der Waals surface area (Å²) in [7, 11) is 2.11. The predicted molar refractivity (Wildman–Crippen MR) is 322 cm³/mol. The van der Waals surface area contributed by atoms with E-state index in [2.05, 4.69) is 285 Å². The van der Waals surface area contributed by atoms with Gasteiger partial charge in [-0.15, -0.1) is 0 Å². The average Bonchev–Trinajstić information content (AvgIpc) is 4.07. The summed E-state index contributed by atoms with van der Waals surface area (Å²) in [6, 6.07) is 79.1. The SMILES string of the molecule is CC1(C)c2ccccc2-c2cc(-n3c4c(c5cc(-c6cc(C7=CCCC=C7N(c7ccccc7)c7ccccc7)cc(-c7ccc8c(c7)c7ccccc7n8-c7ccccc7)c6)ccc53)C=CCC4)ccc21.PS. The van der Waals surface area contributed by atoms with Gasteiger partial charge in [0.05, 0.1) is 16.6 Å². The number of benzene rings is 9. The number of hydrogen-bond donors (Lipinski definition) is 1. The molecule has 14 rings (SSSR count). The summed E-state index contributed by atoms with van der Waals surface area (Å²) >= 11 is 3.44. The zero-order chi connectivity index (χ0) is 49.9. The van der Waals surface area contributed by atoms with Crippen molar-refractivity contribution in [3.05, 3.63) is 264 Å². The highest BCUT2D eigenvalue weighted by molar-refractivity contribution is 8.31. The maximum atomic E-state index is 3.44. The number of aromatic nitrogens is 2. The van der Waals surface area contributed by atoms with Crippen LogP contribution in [0.1, 0.15) is 61.1 Å². The van der Waals surface area contributed by atoms with Crippen LogP contribution in [-0.4, -0.2) is 9.13 Å². The Morgan fingerprint density at radius 1 is 0.446 bits per heavy atom. The Labute approximate surface area is 441 Å². The molecule has 0 aliphatic heterocycles. The van der Waals surface area contributed by atoms with Crippen molar-refractivity contribution >= 4 is 76.4 Å². The highest BCUT2D eigenvalue weighted by atomic mass is 32.7. The van der Waals surface area contributed by atoms with Gasteiger partial charge in [0.2, 0.25) is 0 Å². The standard InChI is InChI=1S/C69H53N3.H3PS/c1-69(2)62-30-16-12-27-56(62)59-45-54(36-37-63(59)69)72-66-33-19-15-29-58(66)61-44-47(35-39-68(61)72)49-40-48(46-34-38-67-60(43-46)57-28-14-18-32-65(57)71(67)53-24-10-5-11-25-53)41-50(42-49)55-26-13-17-31-64(55)70(51-20-6-3-7-21-51)52-22-8-4-9-23-52;1-2/h3-12,14-16,18,20-32,34-45H,13,17,19,33H2,1-2H3;2H,1H2. The molecule has 74 heavy (non-hydrogen) atoms. The second-order valence-electron chi connectivity index (χ2n) is 20.3. The van der Waals surface area contributed by atoms with Gasteiger partial charge in [-0.25, -0.2) is 0 Å². The molecule has 0 fully saturated rings. The minimum Gasteiger partial charge on any atom is -0.313 e. The van der Waals surface area contributed by atoms with Crippen molar-refractivity contribution in [3.63, 3.8) is 0 Å². The Balaban J connectivity index is 0.00000261. The fourth-order valence-corrected chi connectivity index (χ4v) is 12.4. The number of rotatable bonds is 8. The Morgan fingerprint density at radius 3 is 1.76 bits per heavy atom. The molecule has 0 spiro atoms. The molecule has 0 bridgehead atoms. The molecule has 5 heteroatoms. The summed E-state index contributed by atoms with van der Waals surface area (Å²) in [5.74, 6) is 0. The Kier molecular flexibility index (Phi) is 11.7. The van der Waals surface area contributed by atoms with Gasteiger partial charge in [-0.3, -0.25) is 0 Å². The Hall–Kier alpha value is -7.88. The molecule has 9 aromatic carbocycles. The molecule has 0 amide bonds. The van der Waals surface area contributed by atoms with E-state index in [1.54, 1.807) is 0 Å². The van der Waals surface area contributed by atoms with Gasteiger partial charge in [-0.2, -0.15) is 12.2 Å². The number of anilines is 2. The van der Waals surface area contributed by atoms with Crippen molar-refractivity contribution in [2.75, 3.05) is 4.90 Å². The third-order valence-electron chi connectivity index (χ3n) is 15.8. The molecular formula is C69H56N3PS. The molecule has 1 unspecified atom stereocenters. The third kappa shape index (κ3) is 7.62. The van der Waals surface area contributed by atoms with Gasteiger partial charge in [-0.05, 0) is 173 Å². The van der Waals surface area contributed by atoms with Crippen LogP contribution < -0.4 is 4.90 Å². The Bertz CT molecular complexity index is 4020. The van der Waals surface area contributed by atoms with E-state index in [1.165, 1.54) is 111 Å². The molecule has 3 nitrogen and oxygen atoms in total. The second-order valence-corrected chi connectivity index (χ2v) is 20.3. The lowest BCUT2D eigenvalue weighted by molar-refractivity contribution is 0.660. The molecule has 0 N–H and O–H groups in total. The largest absolute Gasteiger partial charge is 0.313 e. The van der Waals surface area contributed by atoms with Gasteiger partial charge < -0.3 is 14.0 Å². The van der Waals surface area contributed by atoms with Crippen LogP contribution in [0.4, 0.5) is 11.4 Å². The van der Waals surface area contributed by atoms with Crippen molar-refractivity contribution in [3.8, 4) is 44.8 Å². The summed E-state index contributed by atoms with van der Waals surface area (Å²) < 4.78 is 4.96. The Morgan fingerprint density at radius 2 is 1.03 bits per heavy atom. The molecule has 2 aromatic heterocycles. The molecule has 0 saturated carbocycles. The van der Waals surface area contributed by atoms with E-state index in [0.29, 0.717) is 0 Å². The van der Waals surface area contributed by atoms with Crippen LogP contribution in [0.2, 0.25) is 0 Å². The van der Waals surface area contributed by atoms with Crippen molar-refractivity contribution in [2.24, 2.45) is 0 Å². The van der Waals surface area contributed by atoms with Gasteiger partial charge in [-0.1, -0.05) is 162 Å². The first-order chi connectivity index (χ1) is 36.5. The molecule has 0 saturated heterocycles. The number of hydrogen-bond acceptors (Lipinski definition) is 2.